The molecule has 1 amide bonds. The Morgan fingerprint density at radius 3 is 2.21 bits per heavy atom. The van der Waals surface area contributed by atoms with E-state index >= 15 is 0 Å². The summed E-state index contributed by atoms with van der Waals surface area (Å²) < 4.78 is 5.68. The van der Waals surface area contributed by atoms with E-state index in [2.05, 4.69) is 43.2 Å². The first-order chi connectivity index (χ1) is 13.9. The van der Waals surface area contributed by atoms with Gasteiger partial charge in [-0.2, -0.15) is 0 Å². The average molecular weight is 414 g/mol. The zero-order valence-corrected chi connectivity index (χ0v) is 18.5. The van der Waals surface area contributed by atoms with Crippen molar-refractivity contribution < 1.29 is 9.53 Å². The lowest BCUT2D eigenvalue weighted by Gasteiger charge is -2.21. The number of amides is 1. The molecule has 5 nitrogen and oxygen atoms in total. The van der Waals surface area contributed by atoms with Crippen LogP contribution in [0.4, 0.5) is 11.4 Å². The highest BCUT2D eigenvalue weighted by molar-refractivity contribution is 7.80. The summed E-state index contributed by atoms with van der Waals surface area (Å²) in [7, 11) is 0. The Kier molecular flexibility index (Phi) is 8.93. The largest absolute Gasteiger partial charge is 0.494 e. The molecule has 0 aromatic heterocycles. The lowest BCUT2D eigenvalue weighted by atomic mass is 10.1. The van der Waals surface area contributed by atoms with Gasteiger partial charge < -0.3 is 15.0 Å². The number of nitrogens with zero attached hydrogens (tertiary/aromatic N) is 1. The summed E-state index contributed by atoms with van der Waals surface area (Å²) in [5.74, 6) is 1.11. The molecule has 0 radical (unpaired) electrons. The minimum Gasteiger partial charge on any atom is -0.494 e. The van der Waals surface area contributed by atoms with Crippen LogP contribution in [-0.4, -0.2) is 30.7 Å². The number of rotatable bonds is 9. The minimum absolute atomic E-state index is 0.254. The highest BCUT2D eigenvalue weighted by Crippen LogP contribution is 2.18. The summed E-state index contributed by atoms with van der Waals surface area (Å²) in [6.07, 6.45) is 0.998. The molecule has 2 aromatic rings. The fraction of sp³-hybridized carbons (Fsp3) is 0.391. The summed E-state index contributed by atoms with van der Waals surface area (Å²) in [4.78, 5) is 14.7. The van der Waals surface area contributed by atoms with Gasteiger partial charge in [0.05, 0.1) is 6.61 Å². The van der Waals surface area contributed by atoms with Crippen LogP contribution in [0.25, 0.3) is 0 Å². The van der Waals surface area contributed by atoms with Gasteiger partial charge in [-0.25, -0.2) is 0 Å². The van der Waals surface area contributed by atoms with Crippen molar-refractivity contribution in [1.82, 2.24) is 5.32 Å². The number of carbonyl (C=O) groups excluding carboxylic acids is 1. The van der Waals surface area contributed by atoms with E-state index in [9.17, 15) is 4.79 Å². The lowest BCUT2D eigenvalue weighted by Crippen LogP contribution is -2.34. The van der Waals surface area contributed by atoms with Crippen molar-refractivity contribution in [3.8, 4) is 5.75 Å². The van der Waals surface area contributed by atoms with E-state index in [1.54, 1.807) is 24.3 Å². The van der Waals surface area contributed by atoms with Gasteiger partial charge in [0.25, 0.3) is 5.91 Å². The Morgan fingerprint density at radius 2 is 1.66 bits per heavy atom. The summed E-state index contributed by atoms with van der Waals surface area (Å²) in [5.41, 5.74) is 2.52. The molecule has 0 spiro atoms. The van der Waals surface area contributed by atoms with Crippen molar-refractivity contribution in [2.24, 2.45) is 5.92 Å². The molecule has 0 heterocycles. The minimum atomic E-state index is -0.254. The maximum absolute atomic E-state index is 12.4. The predicted octanol–water partition coefficient (Wildman–Crippen LogP) is 5.08. The van der Waals surface area contributed by atoms with Crippen LogP contribution in [0.5, 0.6) is 5.75 Å². The van der Waals surface area contributed by atoms with Gasteiger partial charge in [-0.15, -0.1) is 0 Å². The Bertz CT molecular complexity index is 785. The number of carbonyl (C=O) groups is 1. The molecular weight excluding hydrogens is 382 g/mol. The zero-order chi connectivity index (χ0) is 21.2. The maximum atomic E-state index is 12.4. The molecule has 2 rings (SSSR count). The molecule has 6 heteroatoms. The van der Waals surface area contributed by atoms with Crippen molar-refractivity contribution in [2.45, 2.75) is 34.1 Å². The summed E-state index contributed by atoms with van der Waals surface area (Å²) in [6.45, 7) is 11.2. The second-order valence-electron chi connectivity index (χ2n) is 7.18. The number of nitrogens with one attached hydrogen (secondary N) is 2. The molecule has 156 valence electrons. The molecule has 0 bridgehead atoms. The zero-order valence-electron chi connectivity index (χ0n) is 17.7. The first kappa shape index (κ1) is 22.7. The Hall–Kier alpha value is -2.60. The highest BCUT2D eigenvalue weighted by atomic mass is 32.1. The molecule has 0 aliphatic carbocycles. The van der Waals surface area contributed by atoms with E-state index in [1.165, 1.54) is 0 Å². The van der Waals surface area contributed by atoms with Gasteiger partial charge in [-0.1, -0.05) is 13.8 Å². The molecule has 0 fully saturated rings. The molecule has 2 N–H and O–H groups in total. The van der Waals surface area contributed by atoms with Crippen molar-refractivity contribution in [3.05, 3.63) is 54.1 Å². The van der Waals surface area contributed by atoms with Gasteiger partial charge >= 0.3 is 0 Å². The van der Waals surface area contributed by atoms with Crippen molar-refractivity contribution in [2.75, 3.05) is 29.9 Å². The van der Waals surface area contributed by atoms with Gasteiger partial charge in [0, 0.05) is 30.0 Å². The van der Waals surface area contributed by atoms with E-state index in [4.69, 9.17) is 17.0 Å². The summed E-state index contributed by atoms with van der Waals surface area (Å²) >= 11 is 5.27. The third-order valence-electron chi connectivity index (χ3n) is 4.56. The molecule has 29 heavy (non-hydrogen) atoms. The standard InChI is InChI=1S/C23H31N3O2S/c1-5-26(6-2)20-11-9-19(10-12-20)24-23(29)25-22(27)18-7-13-21(14-8-18)28-16-15-17(3)4/h7-14,17H,5-6,15-16H2,1-4H3,(H2,24,25,27,29). The fourth-order valence-corrected chi connectivity index (χ4v) is 3.01. The molecule has 0 aliphatic heterocycles. The van der Waals surface area contributed by atoms with Gasteiger partial charge in [-0.3, -0.25) is 10.1 Å². The van der Waals surface area contributed by atoms with Crippen LogP contribution in [0.15, 0.2) is 48.5 Å². The van der Waals surface area contributed by atoms with Crippen molar-refractivity contribution in [3.63, 3.8) is 0 Å². The van der Waals surface area contributed by atoms with Crippen molar-refractivity contribution >= 4 is 34.6 Å². The number of anilines is 2. The topological polar surface area (TPSA) is 53.6 Å². The van der Waals surface area contributed by atoms with E-state index in [1.807, 2.05) is 24.3 Å². The quantitative estimate of drug-likeness (QED) is 0.561. The third-order valence-corrected chi connectivity index (χ3v) is 4.77. The van der Waals surface area contributed by atoms with Crippen LogP contribution in [0.3, 0.4) is 0 Å². The first-order valence-corrected chi connectivity index (χ1v) is 10.5. The van der Waals surface area contributed by atoms with Gasteiger partial charge in [0.1, 0.15) is 5.75 Å². The number of hydrogen-bond donors (Lipinski definition) is 2. The first-order valence-electron chi connectivity index (χ1n) is 10.1. The average Bonchev–Trinajstić information content (AvgIpc) is 2.70. The smallest absolute Gasteiger partial charge is 0.257 e. The Labute approximate surface area is 179 Å². The normalized spacial score (nSPS) is 10.5. The predicted molar refractivity (Wildman–Crippen MR) is 125 cm³/mol. The van der Waals surface area contributed by atoms with E-state index < -0.39 is 0 Å². The van der Waals surface area contributed by atoms with Gasteiger partial charge in [0.15, 0.2) is 5.11 Å². The second kappa shape index (κ2) is 11.4. The van der Waals surface area contributed by atoms with E-state index in [-0.39, 0.29) is 11.0 Å². The monoisotopic (exact) mass is 413 g/mol. The number of benzene rings is 2. The maximum Gasteiger partial charge on any atom is 0.257 e. The van der Waals surface area contributed by atoms with Crippen LogP contribution in [-0.2, 0) is 0 Å². The lowest BCUT2D eigenvalue weighted by molar-refractivity contribution is 0.0977. The van der Waals surface area contributed by atoms with E-state index in [0.29, 0.717) is 18.1 Å². The summed E-state index contributed by atoms with van der Waals surface area (Å²) in [6, 6.07) is 15.1. The highest BCUT2D eigenvalue weighted by Gasteiger charge is 2.09. The number of ether oxygens (including phenoxy) is 1. The SMILES string of the molecule is CCN(CC)c1ccc(NC(=S)NC(=O)c2ccc(OCCC(C)C)cc2)cc1. The second-order valence-corrected chi connectivity index (χ2v) is 7.59. The molecule has 0 saturated heterocycles. The van der Waals surface area contributed by atoms with E-state index in [0.717, 1.165) is 36.6 Å². The van der Waals surface area contributed by atoms with Gasteiger partial charge in [-0.05, 0) is 86.9 Å². The molecular formula is C23H31N3O2S. The Balaban J connectivity index is 1.86. The Morgan fingerprint density at radius 1 is 1.03 bits per heavy atom. The molecule has 0 unspecified atom stereocenters. The van der Waals surface area contributed by atoms with Crippen molar-refractivity contribution in [1.29, 1.82) is 0 Å². The molecule has 0 saturated carbocycles. The van der Waals surface area contributed by atoms with Crippen LogP contribution < -0.4 is 20.3 Å². The summed E-state index contributed by atoms with van der Waals surface area (Å²) in [5, 5.41) is 6.03. The van der Waals surface area contributed by atoms with Crippen LogP contribution >= 0.6 is 12.2 Å². The molecule has 2 aromatic carbocycles. The van der Waals surface area contributed by atoms with Gasteiger partial charge in [0.2, 0.25) is 0 Å². The van der Waals surface area contributed by atoms with Crippen LogP contribution in [0, 0.1) is 5.92 Å². The molecule has 0 atom stereocenters. The number of hydrogen-bond acceptors (Lipinski definition) is 4. The third kappa shape index (κ3) is 7.38. The molecule has 0 aliphatic rings. The number of thiocarbonyl (C=S) groups is 1. The fourth-order valence-electron chi connectivity index (χ4n) is 2.80. The van der Waals surface area contributed by atoms with Crippen LogP contribution in [0.2, 0.25) is 0 Å². The van der Waals surface area contributed by atoms with Crippen LogP contribution in [0.1, 0.15) is 44.5 Å².